The van der Waals surface area contributed by atoms with Crippen LogP contribution in [0.3, 0.4) is 0 Å². The van der Waals surface area contributed by atoms with Crippen molar-refractivity contribution in [1.82, 2.24) is 10.6 Å². The Morgan fingerprint density at radius 3 is 1.74 bits per heavy atom. The lowest BCUT2D eigenvalue weighted by Crippen LogP contribution is -2.34. The SMILES string of the molecule is CC(C)c1ccc(C(=O)NCCNC(=O)c2ccccc2)cc1. The molecule has 0 saturated carbocycles. The average Bonchev–Trinajstić information content (AvgIpc) is 2.59. The molecule has 2 rings (SSSR count). The summed E-state index contributed by atoms with van der Waals surface area (Å²) in [6.07, 6.45) is 0. The number of hydrogen-bond acceptors (Lipinski definition) is 2. The summed E-state index contributed by atoms with van der Waals surface area (Å²) in [4.78, 5) is 23.9. The Bertz CT molecular complexity index is 649. The third-order valence-corrected chi connectivity index (χ3v) is 3.57. The smallest absolute Gasteiger partial charge is 0.251 e. The van der Waals surface area contributed by atoms with Crippen molar-refractivity contribution in [3.05, 3.63) is 71.3 Å². The number of hydrogen-bond donors (Lipinski definition) is 2. The molecule has 2 N–H and O–H groups in total. The zero-order valence-electron chi connectivity index (χ0n) is 13.5. The summed E-state index contributed by atoms with van der Waals surface area (Å²) < 4.78 is 0. The van der Waals surface area contributed by atoms with E-state index < -0.39 is 0 Å². The van der Waals surface area contributed by atoms with Crippen LogP contribution in [0, 0.1) is 0 Å². The maximum Gasteiger partial charge on any atom is 0.251 e. The van der Waals surface area contributed by atoms with E-state index in [4.69, 9.17) is 0 Å². The first-order chi connectivity index (χ1) is 11.1. The van der Waals surface area contributed by atoms with Crippen LogP contribution in [0.5, 0.6) is 0 Å². The van der Waals surface area contributed by atoms with Crippen LogP contribution in [0.25, 0.3) is 0 Å². The first-order valence-electron chi connectivity index (χ1n) is 7.79. The van der Waals surface area contributed by atoms with E-state index in [0.29, 0.717) is 30.1 Å². The molecule has 2 aromatic rings. The Labute approximate surface area is 136 Å². The zero-order chi connectivity index (χ0) is 16.7. The van der Waals surface area contributed by atoms with Crippen LogP contribution in [0.2, 0.25) is 0 Å². The highest BCUT2D eigenvalue weighted by Crippen LogP contribution is 2.14. The standard InChI is InChI=1S/C19H22N2O2/c1-14(2)15-8-10-17(11-9-15)19(23)21-13-12-20-18(22)16-6-4-3-5-7-16/h3-11,14H,12-13H2,1-2H3,(H,20,22)(H,21,23). The van der Waals surface area contributed by atoms with Gasteiger partial charge in [-0.25, -0.2) is 0 Å². The molecule has 0 aliphatic heterocycles. The number of rotatable bonds is 6. The van der Waals surface area contributed by atoms with Crippen molar-refractivity contribution < 1.29 is 9.59 Å². The van der Waals surface area contributed by atoms with Crippen molar-refractivity contribution >= 4 is 11.8 Å². The van der Waals surface area contributed by atoms with Crippen LogP contribution in [-0.2, 0) is 0 Å². The van der Waals surface area contributed by atoms with Crippen LogP contribution < -0.4 is 10.6 Å². The van der Waals surface area contributed by atoms with Crippen molar-refractivity contribution in [3.63, 3.8) is 0 Å². The molecule has 0 radical (unpaired) electrons. The molecule has 0 atom stereocenters. The third-order valence-electron chi connectivity index (χ3n) is 3.57. The molecule has 23 heavy (non-hydrogen) atoms. The van der Waals surface area contributed by atoms with E-state index in [9.17, 15) is 9.59 Å². The van der Waals surface area contributed by atoms with Crippen LogP contribution in [0.1, 0.15) is 46.0 Å². The van der Waals surface area contributed by atoms with Gasteiger partial charge in [-0.3, -0.25) is 9.59 Å². The van der Waals surface area contributed by atoms with Crippen LogP contribution in [-0.4, -0.2) is 24.9 Å². The molecule has 0 saturated heterocycles. The van der Waals surface area contributed by atoms with Gasteiger partial charge >= 0.3 is 0 Å². The molecule has 4 heteroatoms. The summed E-state index contributed by atoms with van der Waals surface area (Å²) in [5.41, 5.74) is 2.45. The van der Waals surface area contributed by atoms with Crippen LogP contribution in [0.15, 0.2) is 54.6 Å². The highest BCUT2D eigenvalue weighted by atomic mass is 16.2. The topological polar surface area (TPSA) is 58.2 Å². The highest BCUT2D eigenvalue weighted by molar-refractivity contribution is 5.95. The predicted molar refractivity (Wildman–Crippen MR) is 91.6 cm³/mol. The van der Waals surface area contributed by atoms with Crippen molar-refractivity contribution in [2.75, 3.05) is 13.1 Å². The number of benzene rings is 2. The molecule has 4 nitrogen and oxygen atoms in total. The minimum absolute atomic E-state index is 0.130. The molecule has 120 valence electrons. The van der Waals surface area contributed by atoms with E-state index in [1.165, 1.54) is 5.56 Å². The van der Waals surface area contributed by atoms with E-state index in [2.05, 4.69) is 24.5 Å². The maximum atomic E-state index is 12.0. The number of nitrogens with one attached hydrogen (secondary N) is 2. The minimum Gasteiger partial charge on any atom is -0.350 e. The van der Waals surface area contributed by atoms with Crippen molar-refractivity contribution in [2.45, 2.75) is 19.8 Å². The molecule has 0 fully saturated rings. The van der Waals surface area contributed by atoms with Crippen LogP contribution in [0.4, 0.5) is 0 Å². The summed E-state index contributed by atoms with van der Waals surface area (Å²) >= 11 is 0. The van der Waals surface area contributed by atoms with Gasteiger partial charge in [0.1, 0.15) is 0 Å². The summed E-state index contributed by atoms with van der Waals surface area (Å²) in [7, 11) is 0. The molecule has 0 bridgehead atoms. The van der Waals surface area contributed by atoms with Gasteiger partial charge in [0, 0.05) is 24.2 Å². The lowest BCUT2D eigenvalue weighted by Gasteiger charge is -2.09. The lowest BCUT2D eigenvalue weighted by molar-refractivity contribution is 0.0927. The molecule has 2 aromatic carbocycles. The van der Waals surface area contributed by atoms with Gasteiger partial charge in [0.15, 0.2) is 0 Å². The Kier molecular flexibility index (Phi) is 5.92. The first-order valence-corrected chi connectivity index (χ1v) is 7.79. The Morgan fingerprint density at radius 1 is 0.783 bits per heavy atom. The van der Waals surface area contributed by atoms with Gasteiger partial charge in [-0.2, -0.15) is 0 Å². The third kappa shape index (κ3) is 4.95. The van der Waals surface area contributed by atoms with Gasteiger partial charge in [-0.15, -0.1) is 0 Å². The minimum atomic E-state index is -0.138. The van der Waals surface area contributed by atoms with Crippen LogP contribution >= 0.6 is 0 Å². The fourth-order valence-corrected chi connectivity index (χ4v) is 2.17. The predicted octanol–water partition coefficient (Wildman–Crippen LogP) is 2.97. The number of carbonyl (C=O) groups excluding carboxylic acids is 2. The second-order valence-electron chi connectivity index (χ2n) is 5.65. The van der Waals surface area contributed by atoms with E-state index in [1.54, 1.807) is 12.1 Å². The monoisotopic (exact) mass is 310 g/mol. The lowest BCUT2D eigenvalue weighted by atomic mass is 10.0. The maximum absolute atomic E-state index is 12.0. The zero-order valence-corrected chi connectivity index (χ0v) is 13.5. The second kappa shape index (κ2) is 8.13. The Balaban J connectivity index is 1.75. The largest absolute Gasteiger partial charge is 0.350 e. The molecule has 0 heterocycles. The summed E-state index contributed by atoms with van der Waals surface area (Å²) in [5, 5.41) is 5.58. The highest BCUT2D eigenvalue weighted by Gasteiger charge is 2.07. The Hall–Kier alpha value is -2.62. The van der Waals surface area contributed by atoms with E-state index in [0.717, 1.165) is 0 Å². The van der Waals surface area contributed by atoms with Crippen molar-refractivity contribution in [2.24, 2.45) is 0 Å². The van der Waals surface area contributed by atoms with Gasteiger partial charge in [0.05, 0.1) is 0 Å². The molecular weight excluding hydrogens is 288 g/mol. The van der Waals surface area contributed by atoms with Gasteiger partial charge < -0.3 is 10.6 Å². The van der Waals surface area contributed by atoms with Gasteiger partial charge in [-0.05, 0) is 35.7 Å². The normalized spacial score (nSPS) is 10.4. The molecule has 2 amide bonds. The number of carbonyl (C=O) groups is 2. The second-order valence-corrected chi connectivity index (χ2v) is 5.65. The van der Waals surface area contributed by atoms with E-state index in [-0.39, 0.29) is 11.8 Å². The Morgan fingerprint density at radius 2 is 1.26 bits per heavy atom. The van der Waals surface area contributed by atoms with E-state index in [1.807, 2.05) is 42.5 Å². The average molecular weight is 310 g/mol. The molecule has 0 aliphatic carbocycles. The van der Waals surface area contributed by atoms with Gasteiger partial charge in [0.25, 0.3) is 11.8 Å². The molecule has 0 aliphatic rings. The first kappa shape index (κ1) is 16.7. The summed E-state index contributed by atoms with van der Waals surface area (Å²) in [5.74, 6) is 0.177. The quantitative estimate of drug-likeness (QED) is 0.806. The molecular formula is C19H22N2O2. The fraction of sp³-hybridized carbons (Fsp3) is 0.263. The van der Waals surface area contributed by atoms with Gasteiger partial charge in [0.2, 0.25) is 0 Å². The van der Waals surface area contributed by atoms with Crippen molar-refractivity contribution in [1.29, 1.82) is 0 Å². The molecule has 0 unspecified atom stereocenters. The summed E-state index contributed by atoms with van der Waals surface area (Å²) in [6.45, 7) is 5.02. The molecule has 0 aromatic heterocycles. The fourth-order valence-electron chi connectivity index (χ4n) is 2.17. The van der Waals surface area contributed by atoms with Gasteiger partial charge in [-0.1, -0.05) is 44.2 Å². The van der Waals surface area contributed by atoms with E-state index >= 15 is 0 Å². The van der Waals surface area contributed by atoms with Crippen molar-refractivity contribution in [3.8, 4) is 0 Å². The molecule has 0 spiro atoms. The number of amides is 2. The summed E-state index contributed by atoms with van der Waals surface area (Å²) in [6, 6.07) is 16.6.